The number of fused-ring (bicyclic) bond motifs is 1. The highest BCUT2D eigenvalue weighted by Gasteiger charge is 2.23. The van der Waals surface area contributed by atoms with Crippen molar-refractivity contribution in [2.24, 2.45) is 5.41 Å². The minimum absolute atomic E-state index is 0.0506. The fourth-order valence-corrected chi connectivity index (χ4v) is 4.47. The molecule has 5 rings (SSSR count). The quantitative estimate of drug-likeness (QED) is 0.358. The van der Waals surface area contributed by atoms with E-state index in [2.05, 4.69) is 76.1 Å². The van der Waals surface area contributed by atoms with Crippen LogP contribution in [0.1, 0.15) is 37.5 Å². The van der Waals surface area contributed by atoms with E-state index in [0.717, 1.165) is 30.5 Å². The van der Waals surface area contributed by atoms with Crippen molar-refractivity contribution in [2.75, 3.05) is 0 Å². The molecule has 0 aliphatic heterocycles. The van der Waals surface area contributed by atoms with Crippen molar-refractivity contribution in [2.45, 2.75) is 52.9 Å². The number of hydrogen-bond donors (Lipinski definition) is 1. The number of nitrogens with zero attached hydrogens (tertiary/aromatic N) is 3. The summed E-state index contributed by atoms with van der Waals surface area (Å²) in [7, 11) is 0. The monoisotopic (exact) mass is 480 g/mol. The number of carbonyl (C=O) groups is 1. The summed E-state index contributed by atoms with van der Waals surface area (Å²) >= 11 is 0. The number of carbonyl (C=O) groups excluding carboxylic acids is 1. The molecule has 36 heavy (non-hydrogen) atoms. The van der Waals surface area contributed by atoms with Gasteiger partial charge in [-0.15, -0.1) is 5.10 Å². The van der Waals surface area contributed by atoms with E-state index in [-0.39, 0.29) is 12.7 Å². The molecule has 0 saturated heterocycles. The first-order valence-electron chi connectivity index (χ1n) is 12.4. The van der Waals surface area contributed by atoms with Crippen molar-refractivity contribution in [3.05, 3.63) is 95.8 Å². The Morgan fingerprint density at radius 2 is 1.64 bits per heavy atom. The Hall–Kier alpha value is -3.77. The SMILES string of the molecule is CC(C)(C)C(=O)OCn1cnc(-c2ccc(-c3cccc(CNC4Cc5ccccc5C4)c3)cc2)n1. The number of esters is 1. The maximum atomic E-state index is 12.0. The Balaban J connectivity index is 1.19. The Labute approximate surface area is 212 Å². The summed E-state index contributed by atoms with van der Waals surface area (Å²) in [4.78, 5) is 16.4. The van der Waals surface area contributed by atoms with Crippen LogP contribution in [0.3, 0.4) is 0 Å². The molecule has 3 aromatic carbocycles. The second-order valence-electron chi connectivity index (χ2n) is 10.5. The second kappa shape index (κ2) is 10.1. The topological polar surface area (TPSA) is 69.0 Å². The molecular weight excluding hydrogens is 448 g/mol. The first-order valence-corrected chi connectivity index (χ1v) is 12.4. The number of benzene rings is 3. The molecule has 1 aliphatic carbocycles. The smallest absolute Gasteiger partial charge is 0.313 e. The third-order valence-corrected chi connectivity index (χ3v) is 6.53. The molecule has 4 aromatic rings. The van der Waals surface area contributed by atoms with Crippen LogP contribution in [0, 0.1) is 5.41 Å². The Morgan fingerprint density at radius 1 is 0.944 bits per heavy atom. The van der Waals surface area contributed by atoms with Crippen LogP contribution >= 0.6 is 0 Å². The number of rotatable bonds is 7. The fraction of sp³-hybridized carbons (Fsp3) is 0.300. The van der Waals surface area contributed by atoms with Gasteiger partial charge in [0.05, 0.1) is 5.41 Å². The predicted molar refractivity (Wildman–Crippen MR) is 141 cm³/mol. The molecule has 0 bridgehead atoms. The maximum absolute atomic E-state index is 12.0. The van der Waals surface area contributed by atoms with Gasteiger partial charge in [-0.25, -0.2) is 9.67 Å². The van der Waals surface area contributed by atoms with E-state index >= 15 is 0 Å². The average Bonchev–Trinajstić information content (AvgIpc) is 3.53. The standard InChI is InChI=1S/C30H32N4O2/c1-30(2,3)29(35)36-20-34-19-32-28(33-34)23-13-11-22(12-14-23)24-10-6-7-21(15-24)18-31-27-16-25-8-4-5-9-26(25)17-27/h4-15,19,27,31H,16-18,20H2,1-3H3. The van der Waals surface area contributed by atoms with E-state index in [4.69, 9.17) is 4.74 Å². The summed E-state index contributed by atoms with van der Waals surface area (Å²) in [5.41, 5.74) is 6.91. The second-order valence-corrected chi connectivity index (χ2v) is 10.5. The van der Waals surface area contributed by atoms with E-state index in [0.29, 0.717) is 11.9 Å². The van der Waals surface area contributed by atoms with Crippen molar-refractivity contribution in [1.82, 2.24) is 20.1 Å². The third kappa shape index (κ3) is 5.55. The third-order valence-electron chi connectivity index (χ3n) is 6.53. The van der Waals surface area contributed by atoms with Crippen molar-refractivity contribution in [3.8, 4) is 22.5 Å². The van der Waals surface area contributed by atoms with Crippen LogP contribution in [-0.4, -0.2) is 26.8 Å². The average molecular weight is 481 g/mol. The molecule has 0 atom stereocenters. The van der Waals surface area contributed by atoms with Gasteiger partial charge < -0.3 is 10.1 Å². The molecule has 0 amide bonds. The van der Waals surface area contributed by atoms with Gasteiger partial charge in [0, 0.05) is 18.2 Å². The highest BCUT2D eigenvalue weighted by molar-refractivity contribution is 5.75. The zero-order valence-electron chi connectivity index (χ0n) is 21.1. The Kier molecular flexibility index (Phi) is 6.70. The van der Waals surface area contributed by atoms with Crippen LogP contribution in [-0.2, 0) is 35.6 Å². The number of hydrogen-bond acceptors (Lipinski definition) is 5. The first kappa shape index (κ1) is 23.9. The van der Waals surface area contributed by atoms with Gasteiger partial charge >= 0.3 is 5.97 Å². The summed E-state index contributed by atoms with van der Waals surface area (Å²) in [5, 5.41) is 8.18. The van der Waals surface area contributed by atoms with Crippen LogP contribution in [0.2, 0.25) is 0 Å². The summed E-state index contributed by atoms with van der Waals surface area (Å²) in [6.45, 7) is 6.38. The van der Waals surface area contributed by atoms with Gasteiger partial charge in [0.15, 0.2) is 12.6 Å². The van der Waals surface area contributed by atoms with E-state index < -0.39 is 5.41 Å². The number of nitrogens with one attached hydrogen (secondary N) is 1. The van der Waals surface area contributed by atoms with Gasteiger partial charge in [0.25, 0.3) is 0 Å². The maximum Gasteiger partial charge on any atom is 0.313 e. The minimum atomic E-state index is -0.547. The molecule has 0 unspecified atom stereocenters. The zero-order valence-corrected chi connectivity index (χ0v) is 21.1. The Morgan fingerprint density at radius 3 is 2.33 bits per heavy atom. The molecule has 0 spiro atoms. The molecule has 1 heterocycles. The summed E-state index contributed by atoms with van der Waals surface area (Å²) in [6, 6.07) is 26.1. The van der Waals surface area contributed by atoms with E-state index in [1.807, 2.05) is 32.9 Å². The molecule has 0 fully saturated rings. The van der Waals surface area contributed by atoms with Crippen LogP contribution < -0.4 is 5.32 Å². The Bertz CT molecular complexity index is 1330. The lowest BCUT2D eigenvalue weighted by atomic mass is 9.98. The van der Waals surface area contributed by atoms with Crippen LogP contribution in [0.4, 0.5) is 0 Å². The van der Waals surface area contributed by atoms with Gasteiger partial charge in [0.1, 0.15) is 6.33 Å². The van der Waals surface area contributed by atoms with Crippen molar-refractivity contribution in [1.29, 1.82) is 0 Å². The van der Waals surface area contributed by atoms with E-state index in [1.165, 1.54) is 26.9 Å². The molecule has 0 saturated carbocycles. The fourth-order valence-electron chi connectivity index (χ4n) is 4.47. The molecule has 184 valence electrons. The first-order chi connectivity index (χ1) is 17.3. The zero-order chi connectivity index (χ0) is 25.1. The van der Waals surface area contributed by atoms with Gasteiger partial charge in [-0.05, 0) is 67.5 Å². The highest BCUT2D eigenvalue weighted by atomic mass is 16.5. The largest absolute Gasteiger partial charge is 0.442 e. The van der Waals surface area contributed by atoms with Gasteiger partial charge in [-0.3, -0.25) is 4.79 Å². The number of ether oxygens (including phenoxy) is 1. The molecule has 1 aromatic heterocycles. The summed E-state index contributed by atoms with van der Waals surface area (Å²) < 4.78 is 6.85. The molecule has 1 aliphatic rings. The molecule has 6 nitrogen and oxygen atoms in total. The predicted octanol–water partition coefficient (Wildman–Crippen LogP) is 5.42. The molecule has 1 N–H and O–H groups in total. The van der Waals surface area contributed by atoms with Crippen LogP contribution in [0.25, 0.3) is 22.5 Å². The van der Waals surface area contributed by atoms with Crippen LogP contribution in [0.5, 0.6) is 0 Å². The molecule has 6 heteroatoms. The van der Waals surface area contributed by atoms with E-state index in [9.17, 15) is 4.79 Å². The molecular formula is C30H32N4O2. The summed E-state index contributed by atoms with van der Waals surface area (Å²) in [6.07, 6.45) is 3.78. The lowest BCUT2D eigenvalue weighted by Crippen LogP contribution is -2.28. The van der Waals surface area contributed by atoms with Crippen molar-refractivity contribution >= 4 is 5.97 Å². The number of aromatic nitrogens is 3. The van der Waals surface area contributed by atoms with Gasteiger partial charge in [0.2, 0.25) is 0 Å². The minimum Gasteiger partial charge on any atom is -0.442 e. The van der Waals surface area contributed by atoms with Crippen LogP contribution in [0.15, 0.2) is 79.1 Å². The van der Waals surface area contributed by atoms with Gasteiger partial charge in [-0.2, -0.15) is 0 Å². The van der Waals surface area contributed by atoms with Gasteiger partial charge in [-0.1, -0.05) is 66.7 Å². The molecule has 0 radical (unpaired) electrons. The van der Waals surface area contributed by atoms with Crippen molar-refractivity contribution in [3.63, 3.8) is 0 Å². The lowest BCUT2D eigenvalue weighted by Gasteiger charge is -2.16. The normalized spacial score (nSPS) is 13.5. The highest BCUT2D eigenvalue weighted by Crippen LogP contribution is 2.25. The lowest BCUT2D eigenvalue weighted by molar-refractivity contribution is -0.157. The van der Waals surface area contributed by atoms with Crippen molar-refractivity contribution < 1.29 is 9.53 Å². The summed E-state index contributed by atoms with van der Waals surface area (Å²) in [5.74, 6) is 0.332. The van der Waals surface area contributed by atoms with E-state index in [1.54, 1.807) is 6.33 Å².